The molecule has 0 amide bonds. The first-order chi connectivity index (χ1) is 8.08. The number of hydrogen-bond acceptors (Lipinski definition) is 2. The maximum absolute atomic E-state index is 5.87. The molecule has 0 aliphatic carbocycles. The monoisotopic (exact) mass is 307 g/mol. The number of nitrogens with two attached hydrogens (primary N) is 1. The fraction of sp³-hybridized carbons (Fsp3) is 0.143. The van der Waals surface area contributed by atoms with Crippen LogP contribution in [0, 0.1) is 13.8 Å². The Morgan fingerprint density at radius 2 is 1.71 bits per heavy atom. The first-order valence-corrected chi connectivity index (χ1v) is 6.98. The van der Waals surface area contributed by atoms with E-state index < -0.39 is 0 Å². The van der Waals surface area contributed by atoms with Crippen LogP contribution < -0.4 is 5.73 Å². The molecule has 0 radical (unpaired) electrons. The molecule has 0 saturated heterocycles. The van der Waals surface area contributed by atoms with Gasteiger partial charge in [-0.1, -0.05) is 30.0 Å². The zero-order chi connectivity index (χ0) is 12.4. The van der Waals surface area contributed by atoms with Crippen molar-refractivity contribution in [2.45, 2.75) is 23.6 Å². The topological polar surface area (TPSA) is 26.0 Å². The zero-order valence-corrected chi connectivity index (χ0v) is 12.2. The van der Waals surface area contributed by atoms with Crippen molar-refractivity contribution in [3.63, 3.8) is 0 Å². The molecule has 2 rings (SSSR count). The molecule has 0 aliphatic rings. The van der Waals surface area contributed by atoms with Crippen molar-refractivity contribution in [2.24, 2.45) is 0 Å². The largest absolute Gasteiger partial charge is 0.398 e. The summed E-state index contributed by atoms with van der Waals surface area (Å²) < 4.78 is 1.05. The normalized spacial score (nSPS) is 10.5. The number of anilines is 1. The van der Waals surface area contributed by atoms with Gasteiger partial charge in [0.15, 0.2) is 0 Å². The molecule has 0 aromatic heterocycles. The van der Waals surface area contributed by atoms with Gasteiger partial charge >= 0.3 is 0 Å². The first kappa shape index (κ1) is 12.5. The van der Waals surface area contributed by atoms with Gasteiger partial charge in [-0.3, -0.25) is 0 Å². The van der Waals surface area contributed by atoms with Crippen molar-refractivity contribution >= 4 is 33.4 Å². The molecule has 0 unspecified atom stereocenters. The van der Waals surface area contributed by atoms with E-state index in [2.05, 4.69) is 53.2 Å². The molecule has 17 heavy (non-hydrogen) atoms. The van der Waals surface area contributed by atoms with Gasteiger partial charge in [-0.2, -0.15) is 0 Å². The Labute approximate surface area is 115 Å². The van der Waals surface area contributed by atoms with Crippen LogP contribution in [0.5, 0.6) is 0 Å². The smallest absolute Gasteiger partial charge is 0.0355 e. The van der Waals surface area contributed by atoms with Gasteiger partial charge < -0.3 is 5.73 Å². The minimum Gasteiger partial charge on any atom is -0.398 e. The molecule has 3 heteroatoms. The number of halogens is 1. The van der Waals surface area contributed by atoms with Crippen LogP contribution in [0.25, 0.3) is 0 Å². The average Bonchev–Trinajstić information content (AvgIpc) is 2.29. The zero-order valence-electron chi connectivity index (χ0n) is 9.83. The summed E-state index contributed by atoms with van der Waals surface area (Å²) in [6.07, 6.45) is 0. The summed E-state index contributed by atoms with van der Waals surface area (Å²) in [5.74, 6) is 0. The Balaban J connectivity index is 2.37. The van der Waals surface area contributed by atoms with Gasteiger partial charge in [0, 0.05) is 20.0 Å². The van der Waals surface area contributed by atoms with Gasteiger partial charge in [0.2, 0.25) is 0 Å². The second-order valence-electron chi connectivity index (χ2n) is 4.01. The molecule has 2 aromatic carbocycles. The van der Waals surface area contributed by atoms with Crippen molar-refractivity contribution in [3.05, 3.63) is 52.0 Å². The lowest BCUT2D eigenvalue weighted by atomic mass is 10.2. The van der Waals surface area contributed by atoms with Crippen LogP contribution in [-0.4, -0.2) is 0 Å². The minimum absolute atomic E-state index is 0.825. The quantitative estimate of drug-likeness (QED) is 0.807. The predicted octanol–water partition coefficient (Wildman–Crippen LogP) is 4.80. The number of benzene rings is 2. The molecule has 1 nitrogen and oxygen atoms in total. The highest BCUT2D eigenvalue weighted by molar-refractivity contribution is 9.10. The van der Waals surface area contributed by atoms with Crippen molar-refractivity contribution < 1.29 is 0 Å². The SMILES string of the molecule is Cc1cc(Sc2ccccc2C)c(Br)cc1N. The first-order valence-electron chi connectivity index (χ1n) is 5.37. The summed E-state index contributed by atoms with van der Waals surface area (Å²) in [4.78, 5) is 2.48. The fourth-order valence-electron chi connectivity index (χ4n) is 1.54. The van der Waals surface area contributed by atoms with Gasteiger partial charge in [-0.15, -0.1) is 0 Å². The van der Waals surface area contributed by atoms with Crippen LogP contribution >= 0.6 is 27.7 Å². The maximum Gasteiger partial charge on any atom is 0.0355 e. The van der Waals surface area contributed by atoms with E-state index in [9.17, 15) is 0 Å². The van der Waals surface area contributed by atoms with E-state index in [1.807, 2.05) is 13.0 Å². The Morgan fingerprint density at radius 3 is 2.41 bits per heavy atom. The highest BCUT2D eigenvalue weighted by atomic mass is 79.9. The lowest BCUT2D eigenvalue weighted by molar-refractivity contribution is 1.27. The highest BCUT2D eigenvalue weighted by Crippen LogP contribution is 2.37. The summed E-state index contributed by atoms with van der Waals surface area (Å²) in [6.45, 7) is 4.16. The lowest BCUT2D eigenvalue weighted by Gasteiger charge is -2.09. The Bertz CT molecular complexity index is 552. The summed E-state index contributed by atoms with van der Waals surface area (Å²) >= 11 is 5.32. The summed E-state index contributed by atoms with van der Waals surface area (Å²) in [5.41, 5.74) is 9.10. The van der Waals surface area contributed by atoms with E-state index in [-0.39, 0.29) is 0 Å². The molecule has 0 fully saturated rings. The van der Waals surface area contributed by atoms with Crippen LogP contribution in [0.2, 0.25) is 0 Å². The van der Waals surface area contributed by atoms with Crippen molar-refractivity contribution in [1.82, 2.24) is 0 Å². The molecule has 0 aliphatic heterocycles. The van der Waals surface area contributed by atoms with Gasteiger partial charge in [0.25, 0.3) is 0 Å². The molecule has 0 heterocycles. The van der Waals surface area contributed by atoms with Crippen LogP contribution in [0.1, 0.15) is 11.1 Å². The number of aryl methyl sites for hydroxylation is 2. The van der Waals surface area contributed by atoms with Gasteiger partial charge in [0.05, 0.1) is 0 Å². The molecule has 0 atom stereocenters. The molecular formula is C14H14BrNS. The number of rotatable bonds is 2. The van der Waals surface area contributed by atoms with E-state index in [4.69, 9.17) is 5.73 Å². The Kier molecular flexibility index (Phi) is 3.79. The average molecular weight is 308 g/mol. The molecule has 0 spiro atoms. The molecule has 0 saturated carbocycles. The van der Waals surface area contributed by atoms with Crippen LogP contribution in [0.15, 0.2) is 50.7 Å². The van der Waals surface area contributed by atoms with E-state index in [0.717, 1.165) is 15.7 Å². The summed E-state index contributed by atoms with van der Waals surface area (Å²) in [5, 5.41) is 0. The number of nitrogen functional groups attached to an aromatic ring is 1. The van der Waals surface area contributed by atoms with Crippen LogP contribution in [0.4, 0.5) is 5.69 Å². The lowest BCUT2D eigenvalue weighted by Crippen LogP contribution is -1.90. The second kappa shape index (κ2) is 5.15. The third-order valence-electron chi connectivity index (χ3n) is 2.63. The van der Waals surface area contributed by atoms with E-state index in [1.165, 1.54) is 15.4 Å². The third-order valence-corrected chi connectivity index (χ3v) is 4.79. The third kappa shape index (κ3) is 2.85. The molecule has 88 valence electrons. The van der Waals surface area contributed by atoms with E-state index in [1.54, 1.807) is 11.8 Å². The molecule has 2 N–H and O–H groups in total. The van der Waals surface area contributed by atoms with Gasteiger partial charge in [0.1, 0.15) is 0 Å². The summed E-state index contributed by atoms with van der Waals surface area (Å²) in [7, 11) is 0. The van der Waals surface area contributed by atoms with Crippen LogP contribution in [0.3, 0.4) is 0 Å². The van der Waals surface area contributed by atoms with Crippen LogP contribution in [-0.2, 0) is 0 Å². The standard InChI is InChI=1S/C14H14BrNS/c1-9-5-3-4-6-13(9)17-14-7-10(2)12(16)8-11(14)15/h3-8H,16H2,1-2H3. The highest BCUT2D eigenvalue weighted by Gasteiger charge is 2.06. The van der Waals surface area contributed by atoms with Crippen molar-refractivity contribution in [3.8, 4) is 0 Å². The Morgan fingerprint density at radius 1 is 1.00 bits per heavy atom. The number of hydrogen-bond donors (Lipinski definition) is 1. The molecule has 2 aromatic rings. The van der Waals surface area contributed by atoms with Crippen molar-refractivity contribution in [1.29, 1.82) is 0 Å². The molecule has 0 bridgehead atoms. The Hall–Kier alpha value is -0.930. The maximum atomic E-state index is 5.87. The predicted molar refractivity (Wildman–Crippen MR) is 78.6 cm³/mol. The second-order valence-corrected chi connectivity index (χ2v) is 5.94. The van der Waals surface area contributed by atoms with Crippen molar-refractivity contribution in [2.75, 3.05) is 5.73 Å². The van der Waals surface area contributed by atoms with E-state index in [0.29, 0.717) is 0 Å². The van der Waals surface area contributed by atoms with Gasteiger partial charge in [-0.25, -0.2) is 0 Å². The fourth-order valence-corrected chi connectivity index (χ4v) is 3.15. The van der Waals surface area contributed by atoms with E-state index >= 15 is 0 Å². The molecular weight excluding hydrogens is 294 g/mol. The summed E-state index contributed by atoms with van der Waals surface area (Å²) in [6, 6.07) is 12.5. The minimum atomic E-state index is 0.825. The van der Waals surface area contributed by atoms with Gasteiger partial charge in [-0.05, 0) is 59.1 Å².